The number of nitrogens with one attached hydrogen (secondary N) is 2. The van der Waals surface area contributed by atoms with Crippen molar-refractivity contribution in [2.45, 2.75) is 12.8 Å². The number of hydrogen-bond acceptors (Lipinski definition) is 3. The van der Waals surface area contributed by atoms with Gasteiger partial charge in [0, 0.05) is 6.54 Å². The van der Waals surface area contributed by atoms with Crippen molar-refractivity contribution < 1.29 is 0 Å². The van der Waals surface area contributed by atoms with Crippen molar-refractivity contribution >= 4 is 23.0 Å². The van der Waals surface area contributed by atoms with Crippen molar-refractivity contribution in [3.8, 4) is 0 Å². The summed E-state index contributed by atoms with van der Waals surface area (Å²) >= 11 is 4.60. The number of hydrazone groups is 1. The van der Waals surface area contributed by atoms with Gasteiger partial charge in [0.1, 0.15) is 0 Å². The van der Waals surface area contributed by atoms with Crippen LogP contribution < -0.4 is 16.5 Å². The zero-order valence-electron chi connectivity index (χ0n) is 6.26. The van der Waals surface area contributed by atoms with E-state index < -0.39 is 0 Å². The monoisotopic (exact) mass is 172 g/mol. The molecule has 1 rings (SSSR count). The Morgan fingerprint density at radius 3 is 3.09 bits per heavy atom. The highest BCUT2D eigenvalue weighted by atomic mass is 32.1. The summed E-state index contributed by atoms with van der Waals surface area (Å²) in [4.78, 5) is 0. The van der Waals surface area contributed by atoms with Crippen LogP contribution in [0.2, 0.25) is 0 Å². The zero-order chi connectivity index (χ0) is 8.10. The summed E-state index contributed by atoms with van der Waals surface area (Å²) in [5.41, 5.74) is 8.86. The summed E-state index contributed by atoms with van der Waals surface area (Å²) in [5, 5.41) is 7.45. The number of nitrogens with two attached hydrogens (primary N) is 1. The van der Waals surface area contributed by atoms with E-state index in [1.807, 2.05) is 0 Å². The molecule has 0 amide bonds. The van der Waals surface area contributed by atoms with Crippen molar-refractivity contribution in [1.29, 1.82) is 0 Å². The van der Waals surface area contributed by atoms with Crippen LogP contribution in [0, 0.1) is 0 Å². The highest BCUT2D eigenvalue weighted by molar-refractivity contribution is 7.80. The van der Waals surface area contributed by atoms with Gasteiger partial charge in [-0.3, -0.25) is 5.43 Å². The molecule has 4 nitrogen and oxygen atoms in total. The summed E-state index contributed by atoms with van der Waals surface area (Å²) < 4.78 is 0. The molecular formula is C6H12N4S. The zero-order valence-corrected chi connectivity index (χ0v) is 7.08. The molecule has 0 aromatic heterocycles. The molecule has 0 saturated carbocycles. The quantitative estimate of drug-likeness (QED) is 0.370. The first-order valence-electron chi connectivity index (χ1n) is 3.60. The Kier molecular flexibility index (Phi) is 3.25. The minimum atomic E-state index is 0.225. The van der Waals surface area contributed by atoms with Gasteiger partial charge in [-0.25, -0.2) is 0 Å². The van der Waals surface area contributed by atoms with Crippen molar-refractivity contribution in [2.75, 3.05) is 13.1 Å². The van der Waals surface area contributed by atoms with Crippen LogP contribution in [0.4, 0.5) is 0 Å². The standard InChI is InChI=1S/C6H12N4S/c7-6(11)10-9-5-2-1-3-8-4-5/h8H,1-4H2,(H3,7,10,11)/b9-5-. The van der Waals surface area contributed by atoms with Crippen LogP contribution in [0.1, 0.15) is 12.8 Å². The fourth-order valence-electron chi connectivity index (χ4n) is 0.968. The lowest BCUT2D eigenvalue weighted by molar-refractivity contribution is 0.668. The van der Waals surface area contributed by atoms with Gasteiger partial charge in [0.2, 0.25) is 0 Å². The van der Waals surface area contributed by atoms with E-state index in [0.717, 1.165) is 31.6 Å². The maximum absolute atomic E-state index is 5.20. The SMILES string of the molecule is NC(=S)N/N=C1/CCCNC1. The highest BCUT2D eigenvalue weighted by Gasteiger charge is 2.04. The third-order valence-electron chi connectivity index (χ3n) is 1.47. The third-order valence-corrected chi connectivity index (χ3v) is 1.56. The fourth-order valence-corrected chi connectivity index (χ4v) is 1.01. The van der Waals surface area contributed by atoms with Gasteiger partial charge in [-0.05, 0) is 31.6 Å². The van der Waals surface area contributed by atoms with Gasteiger partial charge in [0.05, 0.1) is 5.71 Å². The molecule has 0 bridgehead atoms. The number of hydrogen-bond donors (Lipinski definition) is 3. The Morgan fingerprint density at radius 2 is 2.55 bits per heavy atom. The summed E-state index contributed by atoms with van der Waals surface area (Å²) in [6.45, 7) is 1.92. The molecule has 1 saturated heterocycles. The van der Waals surface area contributed by atoms with E-state index in [4.69, 9.17) is 5.73 Å². The number of piperidine rings is 1. The van der Waals surface area contributed by atoms with Crippen LogP contribution in [-0.2, 0) is 0 Å². The van der Waals surface area contributed by atoms with E-state index in [9.17, 15) is 0 Å². The molecule has 1 aliphatic rings. The first-order valence-corrected chi connectivity index (χ1v) is 4.01. The average molecular weight is 172 g/mol. The largest absolute Gasteiger partial charge is 0.375 e. The molecule has 0 aromatic rings. The number of nitrogens with zero attached hydrogens (tertiary/aromatic N) is 1. The molecule has 5 heteroatoms. The molecule has 11 heavy (non-hydrogen) atoms. The normalized spacial score (nSPS) is 21.6. The summed E-state index contributed by atoms with van der Waals surface area (Å²) in [6, 6.07) is 0. The summed E-state index contributed by atoms with van der Waals surface area (Å²) in [6.07, 6.45) is 2.17. The van der Waals surface area contributed by atoms with Gasteiger partial charge in [0.25, 0.3) is 0 Å². The van der Waals surface area contributed by atoms with Gasteiger partial charge in [-0.2, -0.15) is 5.10 Å². The Bertz CT molecular complexity index is 169. The smallest absolute Gasteiger partial charge is 0.184 e. The lowest BCUT2D eigenvalue weighted by Gasteiger charge is -2.13. The molecule has 0 aromatic carbocycles. The first-order chi connectivity index (χ1) is 5.29. The van der Waals surface area contributed by atoms with E-state index >= 15 is 0 Å². The van der Waals surface area contributed by atoms with Crippen LogP contribution in [0.3, 0.4) is 0 Å². The minimum absolute atomic E-state index is 0.225. The molecule has 0 aliphatic carbocycles. The second kappa shape index (κ2) is 4.25. The third kappa shape index (κ3) is 3.29. The molecular weight excluding hydrogens is 160 g/mol. The van der Waals surface area contributed by atoms with Crippen molar-refractivity contribution in [2.24, 2.45) is 10.8 Å². The van der Waals surface area contributed by atoms with Gasteiger partial charge >= 0.3 is 0 Å². The molecule has 0 atom stereocenters. The van der Waals surface area contributed by atoms with E-state index in [2.05, 4.69) is 28.1 Å². The molecule has 1 heterocycles. The maximum atomic E-state index is 5.20. The van der Waals surface area contributed by atoms with Gasteiger partial charge in [-0.1, -0.05) is 0 Å². The molecule has 1 aliphatic heterocycles. The summed E-state index contributed by atoms with van der Waals surface area (Å²) in [5.74, 6) is 0. The highest BCUT2D eigenvalue weighted by Crippen LogP contribution is 1.96. The van der Waals surface area contributed by atoms with Gasteiger partial charge < -0.3 is 11.1 Å². The molecule has 0 spiro atoms. The van der Waals surface area contributed by atoms with Crippen LogP contribution in [0.15, 0.2) is 5.10 Å². The van der Waals surface area contributed by atoms with E-state index in [1.54, 1.807) is 0 Å². The van der Waals surface area contributed by atoms with E-state index in [0.29, 0.717) is 0 Å². The number of rotatable bonds is 1. The van der Waals surface area contributed by atoms with E-state index in [1.165, 1.54) is 0 Å². The molecule has 0 unspecified atom stereocenters. The average Bonchev–Trinajstić information content (AvgIpc) is 2.03. The topological polar surface area (TPSA) is 62.4 Å². The molecule has 1 fully saturated rings. The lowest BCUT2D eigenvalue weighted by Crippen LogP contribution is -2.33. The molecule has 62 valence electrons. The maximum Gasteiger partial charge on any atom is 0.184 e. The van der Waals surface area contributed by atoms with Crippen molar-refractivity contribution in [1.82, 2.24) is 10.7 Å². The number of thiocarbonyl (C=S) groups is 1. The Labute approximate surface area is 71.2 Å². The Morgan fingerprint density at radius 1 is 1.73 bits per heavy atom. The van der Waals surface area contributed by atoms with Gasteiger partial charge in [0.15, 0.2) is 5.11 Å². The molecule has 0 radical (unpaired) electrons. The first kappa shape index (κ1) is 8.42. The van der Waals surface area contributed by atoms with Crippen LogP contribution in [-0.4, -0.2) is 23.9 Å². The summed E-state index contributed by atoms with van der Waals surface area (Å²) in [7, 11) is 0. The Balaban J connectivity index is 2.32. The Hall–Kier alpha value is -0.680. The predicted molar refractivity (Wildman–Crippen MR) is 49.5 cm³/mol. The van der Waals surface area contributed by atoms with Crippen LogP contribution in [0.25, 0.3) is 0 Å². The lowest BCUT2D eigenvalue weighted by atomic mass is 10.1. The van der Waals surface area contributed by atoms with E-state index in [-0.39, 0.29) is 5.11 Å². The van der Waals surface area contributed by atoms with Crippen molar-refractivity contribution in [3.05, 3.63) is 0 Å². The fraction of sp³-hybridized carbons (Fsp3) is 0.667. The predicted octanol–water partition coefficient (Wildman–Crippen LogP) is -0.441. The van der Waals surface area contributed by atoms with Gasteiger partial charge in [-0.15, -0.1) is 0 Å². The van der Waals surface area contributed by atoms with Crippen LogP contribution >= 0.6 is 12.2 Å². The van der Waals surface area contributed by atoms with Crippen molar-refractivity contribution in [3.63, 3.8) is 0 Å². The second-order valence-corrected chi connectivity index (χ2v) is 2.87. The van der Waals surface area contributed by atoms with Crippen LogP contribution in [0.5, 0.6) is 0 Å². The second-order valence-electron chi connectivity index (χ2n) is 2.43. The molecule has 4 N–H and O–H groups in total. The minimum Gasteiger partial charge on any atom is -0.375 e.